The van der Waals surface area contributed by atoms with E-state index in [0.29, 0.717) is 34.2 Å². The molecule has 40 heavy (non-hydrogen) atoms. The number of methoxy groups -OCH3 is 2. The fraction of sp³-hybridized carbons (Fsp3) is 0.607. The molecule has 0 aliphatic rings. The van der Waals surface area contributed by atoms with Crippen LogP contribution >= 0.6 is 22.7 Å². The second kappa shape index (κ2) is 13.8. The van der Waals surface area contributed by atoms with Crippen LogP contribution in [0.25, 0.3) is 0 Å². The lowest BCUT2D eigenvalue weighted by Crippen LogP contribution is -2.28. The van der Waals surface area contributed by atoms with Crippen LogP contribution < -0.4 is 0 Å². The maximum absolute atomic E-state index is 12.1. The van der Waals surface area contributed by atoms with Gasteiger partial charge in [0.2, 0.25) is 0 Å². The minimum atomic E-state index is -1.02. The van der Waals surface area contributed by atoms with Crippen LogP contribution in [0.3, 0.4) is 0 Å². The Hall–Kier alpha value is -3.35. The highest BCUT2D eigenvalue weighted by Crippen LogP contribution is 2.37. The van der Waals surface area contributed by atoms with Crippen LogP contribution in [0.2, 0.25) is 0 Å². The van der Waals surface area contributed by atoms with Crippen molar-refractivity contribution < 1.29 is 29.0 Å². The number of thiazole rings is 2. The Balaban J connectivity index is 2.25. The minimum Gasteiger partial charge on any atom is -0.481 e. The molecule has 216 valence electrons. The van der Waals surface area contributed by atoms with E-state index in [-0.39, 0.29) is 24.8 Å². The van der Waals surface area contributed by atoms with Crippen molar-refractivity contribution in [3.8, 4) is 12.1 Å². The summed E-state index contributed by atoms with van der Waals surface area (Å²) in [6.07, 6.45) is 1.07. The Morgan fingerprint density at radius 2 is 1.25 bits per heavy atom. The number of nitriles is 2. The summed E-state index contributed by atoms with van der Waals surface area (Å²) < 4.78 is 9.74. The van der Waals surface area contributed by atoms with Crippen molar-refractivity contribution in [1.82, 2.24) is 9.97 Å². The van der Waals surface area contributed by atoms with Gasteiger partial charge in [0.05, 0.1) is 76.3 Å². The fourth-order valence-corrected chi connectivity index (χ4v) is 6.53. The molecule has 0 aliphatic carbocycles. The van der Waals surface area contributed by atoms with Gasteiger partial charge in [-0.15, -0.1) is 22.7 Å². The van der Waals surface area contributed by atoms with E-state index in [1.807, 2.05) is 0 Å². The summed E-state index contributed by atoms with van der Waals surface area (Å²) >= 11 is 2.67. The standard InChI is InChI=1S/C28H36N4O6S2/c1-16(24(33)34)17(8-18(12-29)20-14-39-22(31-20)10-27(2,3)25(35)37-6)9-19(13-30)21-15-40-23(32-21)11-28(4,5)26(36)38-7/h14-19H,8-11H2,1-7H3,(H,33,34). The number of esters is 2. The van der Waals surface area contributed by atoms with Crippen LogP contribution in [0.15, 0.2) is 10.8 Å². The smallest absolute Gasteiger partial charge is 0.311 e. The third-order valence-corrected chi connectivity index (χ3v) is 8.73. The normalized spacial score (nSPS) is 14.7. The predicted molar refractivity (Wildman–Crippen MR) is 149 cm³/mol. The van der Waals surface area contributed by atoms with E-state index in [0.717, 1.165) is 0 Å². The molecule has 0 aromatic carbocycles. The highest BCUT2D eigenvalue weighted by molar-refractivity contribution is 7.10. The molecule has 0 bridgehead atoms. The summed E-state index contributed by atoms with van der Waals surface area (Å²) in [6.45, 7) is 8.61. The summed E-state index contributed by atoms with van der Waals surface area (Å²) in [5, 5.41) is 34.6. The van der Waals surface area contributed by atoms with Gasteiger partial charge in [-0.1, -0.05) is 6.92 Å². The van der Waals surface area contributed by atoms with Crippen LogP contribution in [0.4, 0.5) is 0 Å². The van der Waals surface area contributed by atoms with Crippen LogP contribution in [0.1, 0.15) is 80.7 Å². The molecule has 0 spiro atoms. The second-order valence-electron chi connectivity index (χ2n) is 11.2. The highest BCUT2D eigenvalue weighted by atomic mass is 32.1. The number of carboxylic acids is 1. The van der Waals surface area contributed by atoms with Gasteiger partial charge in [-0.2, -0.15) is 10.5 Å². The van der Waals surface area contributed by atoms with Gasteiger partial charge >= 0.3 is 17.9 Å². The third-order valence-electron chi connectivity index (χ3n) is 7.00. The lowest BCUT2D eigenvalue weighted by Gasteiger charge is -2.24. The number of hydrogen-bond acceptors (Lipinski definition) is 11. The molecule has 3 unspecified atom stereocenters. The molecule has 2 rings (SSSR count). The van der Waals surface area contributed by atoms with Crippen molar-refractivity contribution >= 4 is 40.6 Å². The van der Waals surface area contributed by atoms with Crippen molar-refractivity contribution in [2.24, 2.45) is 22.7 Å². The lowest BCUT2D eigenvalue weighted by atomic mass is 9.78. The molecule has 2 aromatic heterocycles. The molecule has 2 aromatic rings. The average molecular weight is 589 g/mol. The van der Waals surface area contributed by atoms with E-state index in [2.05, 4.69) is 22.1 Å². The number of nitrogens with zero attached hydrogens (tertiary/aromatic N) is 4. The van der Waals surface area contributed by atoms with E-state index in [4.69, 9.17) is 9.47 Å². The predicted octanol–water partition coefficient (Wildman–Crippen LogP) is 5.11. The van der Waals surface area contributed by atoms with E-state index in [1.165, 1.54) is 36.9 Å². The van der Waals surface area contributed by atoms with E-state index in [9.17, 15) is 30.0 Å². The fourth-order valence-electron chi connectivity index (χ4n) is 4.38. The topological polar surface area (TPSA) is 163 Å². The first kappa shape index (κ1) is 32.9. The Labute approximate surface area is 243 Å². The monoisotopic (exact) mass is 588 g/mol. The van der Waals surface area contributed by atoms with Gasteiger partial charge in [-0.05, 0) is 46.5 Å². The Morgan fingerprint density at radius 3 is 1.55 bits per heavy atom. The molecular weight excluding hydrogens is 552 g/mol. The molecule has 0 saturated carbocycles. The number of carboxylic acid groups (broad SMARTS) is 1. The van der Waals surface area contributed by atoms with Crippen molar-refractivity contribution in [2.75, 3.05) is 14.2 Å². The SMILES string of the molecule is COC(=O)C(C)(C)Cc1nc(C(C#N)CC(CC(C#N)c2csc(CC(C)(C)C(=O)OC)n2)C(C)C(=O)O)cs1. The van der Waals surface area contributed by atoms with Crippen LogP contribution in [-0.2, 0) is 36.7 Å². The summed E-state index contributed by atoms with van der Waals surface area (Å²) in [5.41, 5.74) is -0.545. The molecule has 0 amide bonds. The van der Waals surface area contributed by atoms with Gasteiger partial charge in [0, 0.05) is 23.6 Å². The number of rotatable bonds is 14. The third kappa shape index (κ3) is 8.33. The maximum atomic E-state index is 12.1. The Bertz CT molecular complexity index is 1200. The Kier molecular flexibility index (Phi) is 11.4. The van der Waals surface area contributed by atoms with Crippen molar-refractivity contribution in [3.63, 3.8) is 0 Å². The molecule has 10 nitrogen and oxygen atoms in total. The van der Waals surface area contributed by atoms with Gasteiger partial charge in [0.15, 0.2) is 0 Å². The first-order valence-corrected chi connectivity index (χ1v) is 14.5. The number of carbonyl (C=O) groups is 3. The average Bonchev–Trinajstić information content (AvgIpc) is 3.56. The molecule has 2 heterocycles. The highest BCUT2D eigenvalue weighted by Gasteiger charge is 2.34. The summed E-state index contributed by atoms with van der Waals surface area (Å²) in [5.74, 6) is -4.46. The number of hydrogen-bond donors (Lipinski definition) is 1. The number of carbonyl (C=O) groups excluding carboxylic acids is 2. The molecule has 0 fully saturated rings. The zero-order valence-corrected chi connectivity index (χ0v) is 25.5. The quantitative estimate of drug-likeness (QED) is 0.293. The molecule has 3 atom stereocenters. The van der Waals surface area contributed by atoms with Gasteiger partial charge in [0.25, 0.3) is 0 Å². The summed E-state index contributed by atoms with van der Waals surface area (Å²) in [7, 11) is 2.66. The number of aliphatic carboxylic acids is 1. The first-order valence-electron chi connectivity index (χ1n) is 12.8. The maximum Gasteiger partial charge on any atom is 0.311 e. The van der Waals surface area contributed by atoms with Crippen molar-refractivity contribution in [2.45, 2.75) is 72.1 Å². The first-order chi connectivity index (χ1) is 18.7. The second-order valence-corrected chi connectivity index (χ2v) is 13.0. The van der Waals surface area contributed by atoms with Crippen molar-refractivity contribution in [3.05, 3.63) is 32.2 Å². The van der Waals surface area contributed by atoms with Crippen LogP contribution in [0.5, 0.6) is 0 Å². The molecule has 12 heteroatoms. The van der Waals surface area contributed by atoms with Crippen LogP contribution in [-0.4, -0.2) is 47.2 Å². The van der Waals surface area contributed by atoms with Crippen LogP contribution in [0, 0.1) is 45.3 Å². The van der Waals surface area contributed by atoms with E-state index in [1.54, 1.807) is 45.4 Å². The molecule has 0 aliphatic heterocycles. The lowest BCUT2D eigenvalue weighted by molar-refractivity contribution is -0.151. The summed E-state index contributed by atoms with van der Waals surface area (Å²) in [4.78, 5) is 45.3. The molecule has 0 saturated heterocycles. The minimum absolute atomic E-state index is 0.193. The van der Waals surface area contributed by atoms with Gasteiger partial charge in [-0.25, -0.2) is 9.97 Å². The largest absolute Gasteiger partial charge is 0.481 e. The zero-order chi connectivity index (χ0) is 30.3. The zero-order valence-electron chi connectivity index (χ0n) is 23.9. The number of ether oxygens (including phenoxy) is 2. The summed E-state index contributed by atoms with van der Waals surface area (Å²) in [6, 6.07) is 4.50. The molecular formula is C28H36N4O6S2. The van der Waals surface area contributed by atoms with Gasteiger partial charge in [-0.3, -0.25) is 14.4 Å². The number of aromatic nitrogens is 2. The van der Waals surface area contributed by atoms with Gasteiger partial charge in [0.1, 0.15) is 0 Å². The molecule has 0 radical (unpaired) electrons. The van der Waals surface area contributed by atoms with Gasteiger partial charge < -0.3 is 14.6 Å². The Morgan fingerprint density at radius 1 is 0.875 bits per heavy atom. The van der Waals surface area contributed by atoms with E-state index < -0.39 is 40.5 Å². The molecule has 1 N–H and O–H groups in total. The van der Waals surface area contributed by atoms with Crippen molar-refractivity contribution in [1.29, 1.82) is 10.5 Å². The van der Waals surface area contributed by atoms with E-state index >= 15 is 0 Å².